The molecule has 3 atom stereocenters. The minimum absolute atomic E-state index is 0.202. The van der Waals surface area contributed by atoms with Crippen LogP contribution in [0, 0.1) is 0 Å². The van der Waals surface area contributed by atoms with Crippen LogP contribution in [-0.2, 0) is 33.8 Å². The molecule has 0 radical (unpaired) electrons. The molecule has 2 aliphatic heterocycles. The number of hydrogen-bond donors (Lipinski definition) is 3. The summed E-state index contributed by atoms with van der Waals surface area (Å²) in [4.78, 5) is 37.2. The van der Waals surface area contributed by atoms with Gasteiger partial charge in [-0.25, -0.2) is 4.79 Å². The Morgan fingerprint density at radius 2 is 1.41 bits per heavy atom. The predicted molar refractivity (Wildman–Crippen MR) is 154 cm³/mol. The second-order valence-electron chi connectivity index (χ2n) is 10.2. The number of nitrogens with one attached hydrogen (secondary N) is 2. The minimum atomic E-state index is -1.01. The first-order chi connectivity index (χ1) is 18.8. The van der Waals surface area contributed by atoms with E-state index >= 15 is 0 Å². The van der Waals surface area contributed by atoms with Crippen molar-refractivity contribution in [2.24, 2.45) is 0 Å². The summed E-state index contributed by atoms with van der Waals surface area (Å²) >= 11 is 1.42. The van der Waals surface area contributed by atoms with Gasteiger partial charge in [0.05, 0.1) is 6.42 Å². The molecule has 3 aromatic rings. The van der Waals surface area contributed by atoms with Gasteiger partial charge in [0.2, 0.25) is 11.8 Å². The summed E-state index contributed by atoms with van der Waals surface area (Å²) < 4.78 is -0.578. The van der Waals surface area contributed by atoms with Gasteiger partial charge in [-0.15, -0.1) is 11.8 Å². The van der Waals surface area contributed by atoms with E-state index in [9.17, 15) is 19.5 Å². The molecule has 8 heteroatoms. The van der Waals surface area contributed by atoms with Gasteiger partial charge in [-0.3, -0.25) is 9.59 Å². The van der Waals surface area contributed by atoms with Crippen LogP contribution >= 0.6 is 11.8 Å². The van der Waals surface area contributed by atoms with E-state index in [-0.39, 0.29) is 23.6 Å². The number of carboxylic acid groups (broad SMARTS) is 1. The van der Waals surface area contributed by atoms with Crippen molar-refractivity contribution in [3.63, 3.8) is 0 Å². The van der Waals surface area contributed by atoms with Crippen LogP contribution in [0.2, 0.25) is 0 Å². The number of thioether (sulfide) groups is 1. The van der Waals surface area contributed by atoms with Gasteiger partial charge in [0, 0.05) is 11.3 Å². The summed E-state index contributed by atoms with van der Waals surface area (Å²) in [6, 6.07) is 28.9. The zero-order chi connectivity index (χ0) is 27.8. The van der Waals surface area contributed by atoms with Crippen molar-refractivity contribution < 1.29 is 19.5 Å². The zero-order valence-corrected chi connectivity index (χ0v) is 23.1. The van der Waals surface area contributed by atoms with Gasteiger partial charge < -0.3 is 20.6 Å². The molecule has 204 valence electrons. The van der Waals surface area contributed by atoms with Gasteiger partial charge in [0.15, 0.2) is 0 Å². The maximum absolute atomic E-state index is 12.3. The van der Waals surface area contributed by atoms with Crippen LogP contribution in [-0.4, -0.2) is 56.5 Å². The molecule has 3 aromatic carbocycles. The number of amides is 2. The largest absolute Gasteiger partial charge is 0.480 e. The third-order valence-electron chi connectivity index (χ3n) is 6.80. The van der Waals surface area contributed by atoms with Gasteiger partial charge in [0.25, 0.3) is 0 Å². The number of carbonyl (C=O) groups excluding carboxylic acids is 2. The Bertz CT molecular complexity index is 1210. The van der Waals surface area contributed by atoms with Crippen LogP contribution in [0.15, 0.2) is 91.0 Å². The third kappa shape index (κ3) is 7.28. The van der Waals surface area contributed by atoms with E-state index < -0.39 is 22.8 Å². The summed E-state index contributed by atoms with van der Waals surface area (Å²) in [6.07, 6.45) is 1.29. The normalized spacial score (nSPS) is 20.7. The number of carbonyl (C=O) groups is 3. The summed E-state index contributed by atoms with van der Waals surface area (Å²) in [5.41, 5.74) is 3.61. The van der Waals surface area contributed by atoms with Gasteiger partial charge in [-0.05, 0) is 43.5 Å². The Hall–Kier alpha value is -3.62. The molecule has 0 aromatic heterocycles. The van der Waals surface area contributed by atoms with E-state index in [1.807, 2.05) is 50.2 Å². The maximum atomic E-state index is 12.3. The molecule has 2 amide bonds. The van der Waals surface area contributed by atoms with E-state index in [0.717, 1.165) is 25.1 Å². The Morgan fingerprint density at radius 3 is 1.97 bits per heavy atom. The smallest absolute Gasteiger partial charge is 0.327 e. The molecule has 2 aliphatic rings. The first-order valence-corrected chi connectivity index (χ1v) is 14.0. The quantitative estimate of drug-likeness (QED) is 0.279. The maximum Gasteiger partial charge on any atom is 0.327 e. The Labute approximate surface area is 234 Å². The van der Waals surface area contributed by atoms with Crippen molar-refractivity contribution >= 4 is 29.5 Å². The highest BCUT2D eigenvalue weighted by molar-refractivity contribution is 8.01. The molecule has 0 aliphatic carbocycles. The van der Waals surface area contributed by atoms with Crippen LogP contribution < -0.4 is 10.6 Å². The third-order valence-corrected chi connectivity index (χ3v) is 8.38. The lowest BCUT2D eigenvalue weighted by molar-refractivity contribution is -0.161. The summed E-state index contributed by atoms with van der Waals surface area (Å²) in [5, 5.41) is 15.2. The average Bonchev–Trinajstić information content (AvgIpc) is 3.20. The number of nitrogens with zero attached hydrogens (tertiary/aromatic N) is 1. The van der Waals surface area contributed by atoms with Crippen LogP contribution in [0.3, 0.4) is 0 Å². The SMILES string of the molecule is CC1(C)S[C@@H]2[C@H](NC(=O)Cc3ccccc3)C(=O)N2C1C(=O)O.c1ccc(CCNCc2ccccc2)cc1. The molecule has 0 bridgehead atoms. The topological polar surface area (TPSA) is 98.7 Å². The van der Waals surface area contributed by atoms with Gasteiger partial charge in [0.1, 0.15) is 17.5 Å². The first-order valence-electron chi connectivity index (χ1n) is 13.1. The molecular formula is C31H35N3O4S. The fraction of sp³-hybridized carbons (Fsp3) is 0.323. The van der Waals surface area contributed by atoms with Crippen LogP contribution in [0.4, 0.5) is 0 Å². The number of fused-ring (bicyclic) bond motifs is 1. The minimum Gasteiger partial charge on any atom is -0.480 e. The highest BCUT2D eigenvalue weighted by atomic mass is 32.2. The average molecular weight is 546 g/mol. The molecule has 2 fully saturated rings. The van der Waals surface area contributed by atoms with Crippen molar-refractivity contribution in [1.82, 2.24) is 15.5 Å². The van der Waals surface area contributed by atoms with Crippen LogP contribution in [0.1, 0.15) is 30.5 Å². The lowest BCUT2D eigenvalue weighted by Gasteiger charge is -2.43. The Balaban J connectivity index is 0.000000193. The molecule has 2 heterocycles. The second-order valence-corrected chi connectivity index (χ2v) is 12.0. The monoisotopic (exact) mass is 545 g/mol. The lowest BCUT2D eigenvalue weighted by atomic mass is 9.96. The highest BCUT2D eigenvalue weighted by Crippen LogP contribution is 2.50. The fourth-order valence-corrected chi connectivity index (χ4v) is 6.48. The first kappa shape index (κ1) is 28.4. The molecule has 1 unspecified atom stereocenters. The molecular weight excluding hydrogens is 510 g/mol. The van der Waals surface area contributed by atoms with E-state index in [1.165, 1.54) is 27.8 Å². The van der Waals surface area contributed by atoms with E-state index in [0.29, 0.717) is 0 Å². The lowest BCUT2D eigenvalue weighted by Crippen LogP contribution is -2.70. The van der Waals surface area contributed by atoms with E-state index in [1.54, 1.807) is 0 Å². The summed E-state index contributed by atoms with van der Waals surface area (Å²) in [5.74, 6) is -1.55. The molecule has 2 saturated heterocycles. The predicted octanol–water partition coefficient (Wildman–Crippen LogP) is 3.88. The molecule has 0 saturated carbocycles. The molecule has 7 nitrogen and oxygen atoms in total. The van der Waals surface area contributed by atoms with Crippen LogP contribution in [0.5, 0.6) is 0 Å². The molecule has 0 spiro atoms. The number of β-lactam (4-membered cyclic amide) rings is 1. The number of hydrogen-bond acceptors (Lipinski definition) is 5. The molecule has 5 rings (SSSR count). The standard InChI is InChI=1S/C16H18N2O4S.C15H17N/c1-16(2)12(15(21)22)18-13(20)11(14(18)23-16)17-10(19)8-9-6-4-3-5-7-9;1-3-7-14(8-4-1)11-12-16-13-15-9-5-2-6-10-15/h3-7,11-12,14H,8H2,1-2H3,(H,17,19)(H,21,22);1-10,16H,11-13H2/t11-,12?,14-;/m1./s1. The van der Waals surface area contributed by atoms with Gasteiger partial charge in [-0.1, -0.05) is 91.0 Å². The highest BCUT2D eigenvalue weighted by Gasteiger charge is 2.64. The fourth-order valence-electron chi connectivity index (χ4n) is 4.86. The van der Waals surface area contributed by atoms with Crippen molar-refractivity contribution in [3.05, 3.63) is 108 Å². The Kier molecular flexibility index (Phi) is 9.43. The van der Waals surface area contributed by atoms with Gasteiger partial charge >= 0.3 is 5.97 Å². The van der Waals surface area contributed by atoms with Crippen molar-refractivity contribution in [2.45, 2.75) is 55.4 Å². The number of carboxylic acids is 1. The zero-order valence-electron chi connectivity index (χ0n) is 22.2. The van der Waals surface area contributed by atoms with Crippen molar-refractivity contribution in [3.8, 4) is 0 Å². The number of aliphatic carboxylic acids is 1. The second kappa shape index (κ2) is 13.0. The molecule has 3 N–H and O–H groups in total. The summed E-state index contributed by atoms with van der Waals surface area (Å²) in [7, 11) is 0. The van der Waals surface area contributed by atoms with Crippen molar-refractivity contribution in [2.75, 3.05) is 6.54 Å². The van der Waals surface area contributed by atoms with Crippen LogP contribution in [0.25, 0.3) is 0 Å². The van der Waals surface area contributed by atoms with E-state index in [4.69, 9.17) is 0 Å². The van der Waals surface area contributed by atoms with E-state index in [2.05, 4.69) is 65.2 Å². The van der Waals surface area contributed by atoms with Gasteiger partial charge in [-0.2, -0.15) is 0 Å². The van der Waals surface area contributed by atoms with Crippen molar-refractivity contribution in [1.29, 1.82) is 0 Å². The Morgan fingerprint density at radius 1 is 0.872 bits per heavy atom. The summed E-state index contributed by atoms with van der Waals surface area (Å²) in [6.45, 7) is 5.60. The number of benzene rings is 3. The molecule has 39 heavy (non-hydrogen) atoms. The number of rotatable bonds is 9.